The number of aromatic nitrogens is 1. The lowest BCUT2D eigenvalue weighted by molar-refractivity contribution is 0.111. The number of aldehydes is 1. The number of carbonyl (C=O) groups excluding carboxylic acids is 1. The van der Waals surface area contributed by atoms with Gasteiger partial charge in [-0.25, -0.2) is 13.8 Å². The second kappa shape index (κ2) is 3.47. The molecule has 1 N–H and O–H groups in total. The Hall–Kier alpha value is -1.52. The van der Waals surface area contributed by atoms with Crippen molar-refractivity contribution in [3.63, 3.8) is 0 Å². The van der Waals surface area contributed by atoms with E-state index in [2.05, 4.69) is 4.98 Å². The molecule has 3 nitrogen and oxygen atoms in total. The standard InChI is InChI=1S/C8H7F2NO2/c1-4-5(8(9)10)2-11-6(3-12)7(4)13/h2-3,8,13H,1H3. The zero-order valence-corrected chi connectivity index (χ0v) is 6.79. The van der Waals surface area contributed by atoms with Crippen molar-refractivity contribution in [1.82, 2.24) is 4.98 Å². The molecule has 1 heterocycles. The van der Waals surface area contributed by atoms with Gasteiger partial charge in [-0.2, -0.15) is 0 Å². The number of rotatable bonds is 2. The predicted octanol–water partition coefficient (Wildman–Crippen LogP) is 1.85. The normalized spacial score (nSPS) is 10.5. The first-order chi connectivity index (χ1) is 6.07. The van der Waals surface area contributed by atoms with Crippen LogP contribution in [0, 0.1) is 6.92 Å². The van der Waals surface area contributed by atoms with Crippen molar-refractivity contribution in [3.05, 3.63) is 23.0 Å². The number of alkyl halides is 2. The average Bonchev–Trinajstić information content (AvgIpc) is 2.09. The predicted molar refractivity (Wildman–Crippen MR) is 41.0 cm³/mol. The van der Waals surface area contributed by atoms with Gasteiger partial charge in [-0.1, -0.05) is 0 Å². The highest BCUT2D eigenvalue weighted by atomic mass is 19.3. The summed E-state index contributed by atoms with van der Waals surface area (Å²) >= 11 is 0. The van der Waals surface area contributed by atoms with Crippen LogP contribution >= 0.6 is 0 Å². The maximum Gasteiger partial charge on any atom is 0.265 e. The van der Waals surface area contributed by atoms with Crippen molar-refractivity contribution in [3.8, 4) is 5.75 Å². The summed E-state index contributed by atoms with van der Waals surface area (Å²) in [6.45, 7) is 1.31. The van der Waals surface area contributed by atoms with Crippen LogP contribution in [0.3, 0.4) is 0 Å². The first-order valence-electron chi connectivity index (χ1n) is 3.49. The minimum Gasteiger partial charge on any atom is -0.505 e. The van der Waals surface area contributed by atoms with Crippen LogP contribution in [0.4, 0.5) is 8.78 Å². The fourth-order valence-electron chi connectivity index (χ4n) is 0.932. The highest BCUT2D eigenvalue weighted by molar-refractivity contribution is 5.77. The number of pyridine rings is 1. The molecule has 0 radical (unpaired) electrons. The first kappa shape index (κ1) is 9.57. The summed E-state index contributed by atoms with van der Waals surface area (Å²) in [7, 11) is 0. The Morgan fingerprint density at radius 2 is 2.23 bits per heavy atom. The van der Waals surface area contributed by atoms with Gasteiger partial charge in [0.2, 0.25) is 0 Å². The molecule has 1 rings (SSSR count). The molecule has 0 aliphatic carbocycles. The van der Waals surface area contributed by atoms with E-state index in [1.54, 1.807) is 0 Å². The van der Waals surface area contributed by atoms with E-state index in [1.165, 1.54) is 6.92 Å². The topological polar surface area (TPSA) is 50.2 Å². The molecular weight excluding hydrogens is 180 g/mol. The van der Waals surface area contributed by atoms with Crippen molar-refractivity contribution in [2.45, 2.75) is 13.3 Å². The maximum absolute atomic E-state index is 12.2. The number of halogens is 2. The molecule has 0 amide bonds. The highest BCUT2D eigenvalue weighted by Crippen LogP contribution is 2.28. The van der Waals surface area contributed by atoms with Gasteiger partial charge < -0.3 is 5.11 Å². The third-order valence-electron chi connectivity index (χ3n) is 1.72. The lowest BCUT2D eigenvalue weighted by atomic mass is 10.1. The van der Waals surface area contributed by atoms with Crippen molar-refractivity contribution >= 4 is 6.29 Å². The number of carbonyl (C=O) groups is 1. The number of nitrogens with zero attached hydrogens (tertiary/aromatic N) is 1. The van der Waals surface area contributed by atoms with Gasteiger partial charge in [0.05, 0.1) is 0 Å². The van der Waals surface area contributed by atoms with Gasteiger partial charge in [-0.15, -0.1) is 0 Å². The van der Waals surface area contributed by atoms with Crippen molar-refractivity contribution in [1.29, 1.82) is 0 Å². The van der Waals surface area contributed by atoms with Crippen LogP contribution in [-0.4, -0.2) is 16.4 Å². The molecule has 0 saturated heterocycles. The van der Waals surface area contributed by atoms with Gasteiger partial charge in [0.1, 0.15) is 11.4 Å². The zero-order valence-electron chi connectivity index (χ0n) is 6.79. The monoisotopic (exact) mass is 187 g/mol. The van der Waals surface area contributed by atoms with Crippen molar-refractivity contribution < 1.29 is 18.7 Å². The van der Waals surface area contributed by atoms with E-state index in [0.29, 0.717) is 6.29 Å². The lowest BCUT2D eigenvalue weighted by Crippen LogP contribution is -1.96. The number of hydrogen-bond donors (Lipinski definition) is 1. The van der Waals surface area contributed by atoms with Crippen molar-refractivity contribution in [2.24, 2.45) is 0 Å². The molecule has 0 unspecified atom stereocenters. The third kappa shape index (κ3) is 1.63. The van der Waals surface area contributed by atoms with Gasteiger partial charge in [-0.3, -0.25) is 4.79 Å². The molecule has 0 spiro atoms. The van der Waals surface area contributed by atoms with Crippen LogP contribution in [0.1, 0.15) is 28.0 Å². The van der Waals surface area contributed by atoms with Crippen LogP contribution in [0.2, 0.25) is 0 Å². The molecule has 0 aromatic carbocycles. The van der Waals surface area contributed by atoms with Gasteiger partial charge in [0, 0.05) is 17.3 Å². The molecule has 0 bridgehead atoms. The summed E-state index contributed by atoms with van der Waals surface area (Å²) in [5.74, 6) is -0.479. The SMILES string of the molecule is Cc1c(C(F)F)cnc(C=O)c1O. The molecule has 1 aromatic heterocycles. The van der Waals surface area contributed by atoms with E-state index >= 15 is 0 Å². The van der Waals surface area contributed by atoms with Gasteiger partial charge in [0.25, 0.3) is 6.43 Å². The minimum absolute atomic E-state index is 0.00731. The van der Waals surface area contributed by atoms with E-state index in [0.717, 1.165) is 6.20 Å². The Bertz CT molecular complexity index is 339. The minimum atomic E-state index is -2.70. The Labute approximate surface area is 73.0 Å². The van der Waals surface area contributed by atoms with E-state index in [-0.39, 0.29) is 16.8 Å². The van der Waals surface area contributed by atoms with Crippen LogP contribution in [-0.2, 0) is 0 Å². The van der Waals surface area contributed by atoms with Gasteiger partial charge in [-0.05, 0) is 6.92 Å². The Morgan fingerprint density at radius 3 is 2.69 bits per heavy atom. The molecule has 13 heavy (non-hydrogen) atoms. The molecular formula is C8H7F2NO2. The van der Waals surface area contributed by atoms with Crippen molar-refractivity contribution in [2.75, 3.05) is 0 Å². The molecule has 70 valence electrons. The van der Waals surface area contributed by atoms with Gasteiger partial charge >= 0.3 is 0 Å². The Morgan fingerprint density at radius 1 is 1.62 bits per heavy atom. The average molecular weight is 187 g/mol. The van der Waals surface area contributed by atoms with Crippen LogP contribution in [0.5, 0.6) is 5.75 Å². The quantitative estimate of drug-likeness (QED) is 0.718. The van der Waals surface area contributed by atoms with Crippen LogP contribution < -0.4 is 0 Å². The van der Waals surface area contributed by atoms with Crippen LogP contribution in [0.15, 0.2) is 6.20 Å². The molecule has 0 atom stereocenters. The second-order valence-corrected chi connectivity index (χ2v) is 2.49. The summed E-state index contributed by atoms with van der Waals surface area (Å²) < 4.78 is 24.4. The Kier molecular flexibility index (Phi) is 2.55. The maximum atomic E-state index is 12.2. The summed E-state index contributed by atoms with van der Waals surface area (Å²) in [5, 5.41) is 9.20. The Balaban J connectivity index is 3.31. The molecule has 0 saturated carbocycles. The smallest absolute Gasteiger partial charge is 0.265 e. The zero-order chi connectivity index (χ0) is 10.0. The molecule has 0 fully saturated rings. The fourth-order valence-corrected chi connectivity index (χ4v) is 0.932. The summed E-state index contributed by atoms with van der Waals surface area (Å²) in [4.78, 5) is 13.6. The van der Waals surface area contributed by atoms with E-state index < -0.39 is 12.2 Å². The molecule has 0 aliphatic rings. The lowest BCUT2D eigenvalue weighted by Gasteiger charge is -2.06. The van der Waals surface area contributed by atoms with Crippen LogP contribution in [0.25, 0.3) is 0 Å². The number of hydrogen-bond acceptors (Lipinski definition) is 3. The second-order valence-electron chi connectivity index (χ2n) is 2.49. The molecule has 5 heteroatoms. The summed E-state index contributed by atoms with van der Waals surface area (Å²) in [5.41, 5.74) is -0.586. The molecule has 0 aliphatic heterocycles. The third-order valence-corrected chi connectivity index (χ3v) is 1.72. The summed E-state index contributed by atoms with van der Waals surface area (Å²) in [6, 6.07) is 0. The number of aromatic hydroxyl groups is 1. The van der Waals surface area contributed by atoms with E-state index in [1.807, 2.05) is 0 Å². The van der Waals surface area contributed by atoms with Gasteiger partial charge in [0.15, 0.2) is 6.29 Å². The van der Waals surface area contributed by atoms with E-state index in [9.17, 15) is 18.7 Å². The largest absolute Gasteiger partial charge is 0.505 e. The van der Waals surface area contributed by atoms with E-state index in [4.69, 9.17) is 0 Å². The molecule has 1 aromatic rings. The summed E-state index contributed by atoms with van der Waals surface area (Å²) in [6.07, 6.45) is -1.49. The first-order valence-corrected chi connectivity index (χ1v) is 3.49. The fraction of sp³-hybridized carbons (Fsp3) is 0.250. The highest BCUT2D eigenvalue weighted by Gasteiger charge is 2.16.